The van der Waals surface area contributed by atoms with Gasteiger partial charge in [-0.05, 0) is 39.5 Å². The van der Waals surface area contributed by atoms with Crippen molar-refractivity contribution in [3.8, 4) is 6.07 Å². The zero-order valence-corrected chi connectivity index (χ0v) is 12.0. The van der Waals surface area contributed by atoms with Gasteiger partial charge in [-0.3, -0.25) is 5.32 Å². The molecule has 0 spiro atoms. The van der Waals surface area contributed by atoms with E-state index in [0.29, 0.717) is 12.0 Å². The van der Waals surface area contributed by atoms with Crippen molar-refractivity contribution in [2.45, 2.75) is 63.5 Å². The minimum atomic E-state index is -0.401. The first-order valence-corrected chi connectivity index (χ1v) is 7.45. The molecule has 0 aromatic heterocycles. The van der Waals surface area contributed by atoms with Crippen molar-refractivity contribution in [2.24, 2.45) is 5.92 Å². The molecule has 4 heteroatoms. The van der Waals surface area contributed by atoms with E-state index in [4.69, 9.17) is 0 Å². The van der Waals surface area contributed by atoms with Gasteiger partial charge in [0, 0.05) is 17.0 Å². The van der Waals surface area contributed by atoms with Gasteiger partial charge in [0.25, 0.3) is 0 Å². The van der Waals surface area contributed by atoms with Gasteiger partial charge in [-0.2, -0.15) is 17.0 Å². The fourth-order valence-corrected chi connectivity index (χ4v) is 3.11. The molecule has 17 heavy (non-hydrogen) atoms. The molecule has 1 saturated carbocycles. The van der Waals surface area contributed by atoms with Crippen LogP contribution in [0, 0.1) is 17.2 Å². The standard InChI is InChI=1S/C13H24N2OS/c1-9(2)15-13(7-14,12-5-6-12)8-17-11(4)10(3)16/h9-12,15-16H,5-6,8H2,1-4H3. The molecule has 1 fully saturated rings. The number of hydrogen-bond donors (Lipinski definition) is 2. The number of nitrogens with one attached hydrogen (secondary N) is 1. The number of hydrogen-bond acceptors (Lipinski definition) is 4. The SMILES string of the molecule is CC(C)NC(C#N)(CSC(C)C(C)O)C1CC1. The van der Waals surface area contributed by atoms with E-state index in [1.807, 2.05) is 6.92 Å². The van der Waals surface area contributed by atoms with E-state index < -0.39 is 5.54 Å². The fraction of sp³-hybridized carbons (Fsp3) is 0.923. The highest BCUT2D eigenvalue weighted by Gasteiger charge is 2.46. The van der Waals surface area contributed by atoms with Crippen molar-refractivity contribution in [3.63, 3.8) is 0 Å². The van der Waals surface area contributed by atoms with Gasteiger partial charge in [-0.15, -0.1) is 0 Å². The van der Waals surface area contributed by atoms with E-state index in [-0.39, 0.29) is 11.4 Å². The third kappa shape index (κ3) is 4.17. The zero-order valence-electron chi connectivity index (χ0n) is 11.2. The van der Waals surface area contributed by atoms with Gasteiger partial charge < -0.3 is 5.11 Å². The Hall–Kier alpha value is -0.240. The maximum atomic E-state index is 9.50. The molecule has 3 atom stereocenters. The van der Waals surface area contributed by atoms with Crippen LogP contribution in [0.4, 0.5) is 0 Å². The smallest absolute Gasteiger partial charge is 0.118 e. The Bertz CT molecular complexity index is 284. The lowest BCUT2D eigenvalue weighted by Crippen LogP contribution is -2.52. The average molecular weight is 256 g/mol. The lowest BCUT2D eigenvalue weighted by atomic mass is 9.96. The lowest BCUT2D eigenvalue weighted by Gasteiger charge is -2.31. The molecule has 0 saturated heterocycles. The van der Waals surface area contributed by atoms with Gasteiger partial charge in [0.05, 0.1) is 12.2 Å². The summed E-state index contributed by atoms with van der Waals surface area (Å²) < 4.78 is 0. The van der Waals surface area contributed by atoms with Gasteiger partial charge in [0.15, 0.2) is 0 Å². The summed E-state index contributed by atoms with van der Waals surface area (Å²) in [6, 6.07) is 2.81. The first-order chi connectivity index (χ1) is 7.91. The van der Waals surface area contributed by atoms with Crippen molar-refractivity contribution in [3.05, 3.63) is 0 Å². The minimum Gasteiger partial charge on any atom is -0.392 e. The summed E-state index contributed by atoms with van der Waals surface area (Å²) in [4.78, 5) is 0. The van der Waals surface area contributed by atoms with Crippen LogP contribution in [0.2, 0.25) is 0 Å². The highest BCUT2D eigenvalue weighted by Crippen LogP contribution is 2.42. The van der Waals surface area contributed by atoms with Gasteiger partial charge >= 0.3 is 0 Å². The maximum absolute atomic E-state index is 9.50. The van der Waals surface area contributed by atoms with Crippen molar-refractivity contribution in [1.82, 2.24) is 5.32 Å². The molecule has 0 radical (unpaired) electrons. The van der Waals surface area contributed by atoms with Crippen LogP contribution in [-0.2, 0) is 0 Å². The Morgan fingerprint density at radius 1 is 1.41 bits per heavy atom. The van der Waals surface area contributed by atoms with Crippen LogP contribution in [0.25, 0.3) is 0 Å². The molecule has 0 aromatic carbocycles. The maximum Gasteiger partial charge on any atom is 0.118 e. The molecular formula is C13H24N2OS. The monoisotopic (exact) mass is 256 g/mol. The van der Waals surface area contributed by atoms with E-state index in [1.54, 1.807) is 18.7 Å². The van der Waals surface area contributed by atoms with Crippen LogP contribution < -0.4 is 5.32 Å². The van der Waals surface area contributed by atoms with Crippen LogP contribution in [-0.4, -0.2) is 33.8 Å². The molecule has 2 N–H and O–H groups in total. The Morgan fingerprint density at radius 2 is 2.00 bits per heavy atom. The summed E-state index contributed by atoms with van der Waals surface area (Å²) in [6.45, 7) is 7.98. The number of rotatable bonds is 7. The van der Waals surface area contributed by atoms with Gasteiger partial charge in [-0.25, -0.2) is 0 Å². The highest BCUT2D eigenvalue weighted by atomic mass is 32.2. The molecule has 0 amide bonds. The topological polar surface area (TPSA) is 56.0 Å². The Morgan fingerprint density at radius 3 is 2.35 bits per heavy atom. The van der Waals surface area contributed by atoms with E-state index >= 15 is 0 Å². The molecule has 3 nitrogen and oxygen atoms in total. The van der Waals surface area contributed by atoms with Crippen LogP contribution in [0.3, 0.4) is 0 Å². The Labute approximate surface area is 109 Å². The minimum absolute atomic E-state index is 0.176. The second-order valence-corrected chi connectivity index (χ2v) is 6.78. The number of nitriles is 1. The second kappa shape index (κ2) is 6.08. The third-order valence-corrected chi connectivity index (χ3v) is 4.81. The predicted octanol–water partition coefficient (Wildman–Crippen LogP) is 2.16. The quantitative estimate of drug-likeness (QED) is 0.733. The lowest BCUT2D eigenvalue weighted by molar-refractivity contribution is 0.196. The second-order valence-electron chi connectivity index (χ2n) is 5.41. The molecule has 1 rings (SSSR count). The summed E-state index contributed by atoms with van der Waals surface area (Å²) in [5.74, 6) is 1.25. The first kappa shape index (κ1) is 14.8. The molecule has 0 aromatic rings. The molecule has 3 unspecified atom stereocenters. The average Bonchev–Trinajstić information content (AvgIpc) is 3.07. The van der Waals surface area contributed by atoms with Crippen molar-refractivity contribution in [1.29, 1.82) is 5.26 Å². The number of aliphatic hydroxyl groups excluding tert-OH is 1. The molecule has 1 aliphatic carbocycles. The molecule has 1 aliphatic rings. The van der Waals surface area contributed by atoms with Gasteiger partial charge in [0.2, 0.25) is 0 Å². The molecule has 98 valence electrons. The summed E-state index contributed by atoms with van der Waals surface area (Å²) in [6.07, 6.45) is 1.98. The predicted molar refractivity (Wildman–Crippen MR) is 72.9 cm³/mol. The van der Waals surface area contributed by atoms with Gasteiger partial charge in [0.1, 0.15) is 5.54 Å². The van der Waals surface area contributed by atoms with Crippen molar-refractivity contribution >= 4 is 11.8 Å². The van der Waals surface area contributed by atoms with Crippen LogP contribution in [0.15, 0.2) is 0 Å². The van der Waals surface area contributed by atoms with E-state index in [0.717, 1.165) is 18.6 Å². The van der Waals surface area contributed by atoms with E-state index in [2.05, 4.69) is 25.2 Å². The zero-order chi connectivity index (χ0) is 13.1. The van der Waals surface area contributed by atoms with Gasteiger partial charge in [-0.1, -0.05) is 6.92 Å². The molecular weight excluding hydrogens is 232 g/mol. The summed E-state index contributed by atoms with van der Waals surface area (Å²) >= 11 is 1.69. The third-order valence-electron chi connectivity index (χ3n) is 3.27. The molecule has 0 aliphatic heterocycles. The van der Waals surface area contributed by atoms with E-state index in [9.17, 15) is 10.4 Å². The Kier molecular flexibility index (Phi) is 5.30. The largest absolute Gasteiger partial charge is 0.392 e. The molecule has 0 bridgehead atoms. The Balaban J connectivity index is 2.61. The number of nitrogens with zero attached hydrogens (tertiary/aromatic N) is 1. The first-order valence-electron chi connectivity index (χ1n) is 6.40. The fourth-order valence-electron chi connectivity index (χ4n) is 1.93. The normalized spacial score (nSPS) is 22.9. The summed E-state index contributed by atoms with van der Waals surface area (Å²) in [5, 5.41) is 22.6. The number of aliphatic hydroxyl groups is 1. The summed E-state index contributed by atoms with van der Waals surface area (Å²) in [5.41, 5.74) is -0.401. The van der Waals surface area contributed by atoms with Crippen molar-refractivity contribution < 1.29 is 5.11 Å². The van der Waals surface area contributed by atoms with Crippen molar-refractivity contribution in [2.75, 3.05) is 5.75 Å². The van der Waals surface area contributed by atoms with Crippen LogP contribution in [0.1, 0.15) is 40.5 Å². The number of thioether (sulfide) groups is 1. The summed E-state index contributed by atoms with van der Waals surface area (Å²) in [7, 11) is 0. The molecule has 0 heterocycles. The highest BCUT2D eigenvalue weighted by molar-refractivity contribution is 8.00. The van der Waals surface area contributed by atoms with E-state index in [1.165, 1.54) is 0 Å². The van der Waals surface area contributed by atoms with Crippen LogP contribution in [0.5, 0.6) is 0 Å². The van der Waals surface area contributed by atoms with Crippen LogP contribution >= 0.6 is 11.8 Å².